The van der Waals surface area contributed by atoms with Crippen LogP contribution in [0, 0.1) is 0 Å². The normalized spacial score (nSPS) is 12.2. The van der Waals surface area contributed by atoms with E-state index in [1.54, 1.807) is 18.3 Å². The van der Waals surface area contributed by atoms with Gasteiger partial charge >= 0.3 is 0 Å². The Labute approximate surface area is 132 Å². The predicted molar refractivity (Wildman–Crippen MR) is 87.7 cm³/mol. The first-order valence-corrected chi connectivity index (χ1v) is 7.95. The van der Waals surface area contributed by atoms with Crippen LogP contribution in [-0.2, 0) is 4.79 Å². The molecule has 0 aliphatic carbocycles. The van der Waals surface area contributed by atoms with E-state index in [-0.39, 0.29) is 11.2 Å². The summed E-state index contributed by atoms with van der Waals surface area (Å²) in [4.78, 5) is 20.4. The number of carbonyl (C=O) groups excluding carboxylic acids is 1. The summed E-state index contributed by atoms with van der Waals surface area (Å²) in [5.41, 5.74) is 1.60. The van der Waals surface area contributed by atoms with Gasteiger partial charge in [0.15, 0.2) is 5.58 Å². The minimum Gasteiger partial charge on any atom is -0.439 e. The molecule has 1 unspecified atom stereocenters. The largest absolute Gasteiger partial charge is 0.439 e. The zero-order valence-electron chi connectivity index (χ0n) is 12.0. The summed E-state index contributed by atoms with van der Waals surface area (Å²) in [6.45, 7) is 1.98. The third kappa shape index (κ3) is 3.46. The van der Waals surface area contributed by atoms with E-state index in [1.807, 2.05) is 37.3 Å². The highest BCUT2D eigenvalue weighted by Gasteiger charge is 2.15. The molecule has 0 aliphatic rings. The molecule has 2 aromatic heterocycles. The van der Waals surface area contributed by atoms with Gasteiger partial charge in [0.05, 0.1) is 11.0 Å². The van der Waals surface area contributed by atoms with Crippen molar-refractivity contribution in [1.29, 1.82) is 0 Å². The number of thioether (sulfide) groups is 1. The number of carbonyl (C=O) groups is 1. The summed E-state index contributed by atoms with van der Waals surface area (Å²) in [6.07, 6.45) is 1.64. The lowest BCUT2D eigenvalue weighted by atomic mass is 10.3. The number of anilines is 1. The van der Waals surface area contributed by atoms with Gasteiger partial charge in [0.2, 0.25) is 11.8 Å². The number of pyridine rings is 1. The number of oxazole rings is 1. The van der Waals surface area contributed by atoms with Crippen molar-refractivity contribution in [1.82, 2.24) is 9.97 Å². The standard InChI is InChI=1S/C16H15N3O2S/c1-11(16-18-12-6-2-3-7-13(12)21-16)22-10-15(20)19-14-8-4-5-9-17-14/h2-9,11H,10H2,1H3,(H,17,19,20). The summed E-state index contributed by atoms with van der Waals surface area (Å²) in [5, 5.41) is 2.76. The Hall–Kier alpha value is -2.34. The molecule has 2 heterocycles. The Balaban J connectivity index is 1.57. The number of hydrogen-bond acceptors (Lipinski definition) is 5. The molecule has 3 rings (SSSR count). The molecule has 0 fully saturated rings. The smallest absolute Gasteiger partial charge is 0.235 e. The fraction of sp³-hybridized carbons (Fsp3) is 0.188. The molecule has 1 amide bonds. The molecule has 3 aromatic rings. The van der Waals surface area contributed by atoms with Gasteiger partial charge in [0.1, 0.15) is 11.3 Å². The summed E-state index contributed by atoms with van der Waals surface area (Å²) < 4.78 is 5.70. The van der Waals surface area contributed by atoms with Gasteiger partial charge in [-0.25, -0.2) is 9.97 Å². The highest BCUT2D eigenvalue weighted by atomic mass is 32.2. The average molecular weight is 313 g/mol. The van der Waals surface area contributed by atoms with Crippen LogP contribution in [0.2, 0.25) is 0 Å². The monoisotopic (exact) mass is 313 g/mol. The average Bonchev–Trinajstić information content (AvgIpc) is 2.98. The summed E-state index contributed by atoms with van der Waals surface area (Å²) in [7, 11) is 0. The van der Waals surface area contributed by atoms with Crippen molar-refractivity contribution in [3.63, 3.8) is 0 Å². The van der Waals surface area contributed by atoms with E-state index in [0.717, 1.165) is 11.1 Å². The van der Waals surface area contributed by atoms with Gasteiger partial charge in [-0.3, -0.25) is 4.79 Å². The molecule has 1 atom stereocenters. The Kier molecular flexibility index (Phi) is 4.39. The molecule has 0 spiro atoms. The van der Waals surface area contributed by atoms with Gasteiger partial charge in [0, 0.05) is 6.20 Å². The molecule has 22 heavy (non-hydrogen) atoms. The second-order valence-electron chi connectivity index (χ2n) is 4.74. The van der Waals surface area contributed by atoms with Crippen LogP contribution in [0.5, 0.6) is 0 Å². The molecular weight excluding hydrogens is 298 g/mol. The minimum atomic E-state index is -0.0911. The van der Waals surface area contributed by atoms with Crippen molar-refractivity contribution in [2.75, 3.05) is 11.1 Å². The molecule has 0 saturated carbocycles. The Morgan fingerprint density at radius 3 is 2.86 bits per heavy atom. The maximum absolute atomic E-state index is 11.9. The molecular formula is C16H15N3O2S. The van der Waals surface area contributed by atoms with Crippen molar-refractivity contribution in [2.45, 2.75) is 12.2 Å². The van der Waals surface area contributed by atoms with Crippen LogP contribution in [0.1, 0.15) is 18.1 Å². The van der Waals surface area contributed by atoms with Gasteiger partial charge in [-0.1, -0.05) is 18.2 Å². The highest BCUT2D eigenvalue weighted by Crippen LogP contribution is 2.29. The summed E-state index contributed by atoms with van der Waals surface area (Å²) in [6, 6.07) is 13.0. The van der Waals surface area contributed by atoms with Crippen molar-refractivity contribution >= 4 is 34.6 Å². The zero-order valence-corrected chi connectivity index (χ0v) is 12.8. The second-order valence-corrected chi connectivity index (χ2v) is 6.07. The van der Waals surface area contributed by atoms with E-state index in [0.29, 0.717) is 17.5 Å². The van der Waals surface area contributed by atoms with Crippen molar-refractivity contribution in [3.8, 4) is 0 Å². The second kappa shape index (κ2) is 6.62. The quantitative estimate of drug-likeness (QED) is 0.778. The fourth-order valence-corrected chi connectivity index (χ4v) is 2.67. The van der Waals surface area contributed by atoms with Gasteiger partial charge < -0.3 is 9.73 Å². The predicted octanol–water partition coefficient (Wildman–Crippen LogP) is 3.66. The number of hydrogen-bond donors (Lipinski definition) is 1. The van der Waals surface area contributed by atoms with E-state index in [2.05, 4.69) is 15.3 Å². The molecule has 112 valence electrons. The van der Waals surface area contributed by atoms with Crippen LogP contribution in [0.4, 0.5) is 5.82 Å². The Bertz CT molecular complexity index is 740. The Morgan fingerprint density at radius 2 is 2.09 bits per heavy atom. The van der Waals surface area contributed by atoms with E-state index in [9.17, 15) is 4.79 Å². The topological polar surface area (TPSA) is 68.0 Å². The van der Waals surface area contributed by atoms with Gasteiger partial charge in [-0.05, 0) is 31.2 Å². The van der Waals surface area contributed by atoms with Gasteiger partial charge in [-0.2, -0.15) is 0 Å². The van der Waals surface area contributed by atoms with Crippen LogP contribution in [0.25, 0.3) is 11.1 Å². The molecule has 5 nitrogen and oxygen atoms in total. The first-order valence-electron chi connectivity index (χ1n) is 6.90. The summed E-state index contributed by atoms with van der Waals surface area (Å²) in [5.74, 6) is 1.42. The lowest BCUT2D eigenvalue weighted by Crippen LogP contribution is -2.15. The number of para-hydroxylation sites is 2. The maximum Gasteiger partial charge on any atom is 0.235 e. The highest BCUT2D eigenvalue weighted by molar-refractivity contribution is 8.00. The molecule has 6 heteroatoms. The van der Waals surface area contributed by atoms with Crippen molar-refractivity contribution in [3.05, 3.63) is 54.6 Å². The number of nitrogens with zero attached hydrogens (tertiary/aromatic N) is 2. The first-order chi connectivity index (χ1) is 10.7. The number of aromatic nitrogens is 2. The lowest BCUT2D eigenvalue weighted by molar-refractivity contribution is -0.113. The number of benzene rings is 1. The van der Waals surface area contributed by atoms with E-state index in [1.165, 1.54) is 11.8 Å². The number of nitrogens with one attached hydrogen (secondary N) is 1. The van der Waals surface area contributed by atoms with E-state index in [4.69, 9.17) is 4.42 Å². The fourth-order valence-electron chi connectivity index (χ4n) is 1.95. The first kappa shape index (κ1) is 14.6. The van der Waals surface area contributed by atoms with Crippen LogP contribution < -0.4 is 5.32 Å². The molecule has 0 aliphatic heterocycles. The molecule has 0 bridgehead atoms. The molecule has 0 saturated heterocycles. The van der Waals surface area contributed by atoms with Crippen LogP contribution in [-0.4, -0.2) is 21.6 Å². The van der Waals surface area contributed by atoms with Crippen LogP contribution >= 0.6 is 11.8 Å². The molecule has 0 radical (unpaired) electrons. The number of fused-ring (bicyclic) bond motifs is 1. The summed E-state index contributed by atoms with van der Waals surface area (Å²) >= 11 is 1.48. The molecule has 1 aromatic carbocycles. The third-order valence-corrected chi connectivity index (χ3v) is 4.19. The van der Waals surface area contributed by atoms with Crippen LogP contribution in [0.3, 0.4) is 0 Å². The van der Waals surface area contributed by atoms with Crippen molar-refractivity contribution in [2.24, 2.45) is 0 Å². The van der Waals surface area contributed by atoms with E-state index < -0.39 is 0 Å². The number of rotatable bonds is 5. The minimum absolute atomic E-state index is 0.00174. The van der Waals surface area contributed by atoms with Crippen molar-refractivity contribution < 1.29 is 9.21 Å². The van der Waals surface area contributed by atoms with Gasteiger partial charge in [0.25, 0.3) is 0 Å². The Morgan fingerprint density at radius 1 is 1.27 bits per heavy atom. The molecule has 1 N–H and O–H groups in total. The lowest BCUT2D eigenvalue weighted by Gasteiger charge is -2.07. The van der Waals surface area contributed by atoms with Crippen LogP contribution in [0.15, 0.2) is 53.1 Å². The van der Waals surface area contributed by atoms with E-state index >= 15 is 0 Å². The third-order valence-electron chi connectivity index (χ3n) is 3.06. The zero-order chi connectivity index (χ0) is 15.4. The van der Waals surface area contributed by atoms with Gasteiger partial charge in [-0.15, -0.1) is 11.8 Å². The maximum atomic E-state index is 11.9. The number of amides is 1. The SMILES string of the molecule is CC(SCC(=O)Nc1ccccn1)c1nc2ccccc2o1.